The highest BCUT2D eigenvalue weighted by Crippen LogP contribution is 2.25. The summed E-state index contributed by atoms with van der Waals surface area (Å²) in [7, 11) is 0. The number of carboxylic acids is 1. The number of carbonyl (C=O) groups is 1. The number of halogens is 1. The van der Waals surface area contributed by atoms with Gasteiger partial charge in [-0.1, -0.05) is 45.8 Å². The van der Waals surface area contributed by atoms with Crippen LogP contribution in [0.4, 0.5) is 5.69 Å². The van der Waals surface area contributed by atoms with Gasteiger partial charge < -0.3 is 15.2 Å². The topological polar surface area (TPSA) is 58.6 Å². The van der Waals surface area contributed by atoms with Crippen molar-refractivity contribution < 1.29 is 14.6 Å². The predicted molar refractivity (Wildman–Crippen MR) is 110 cm³/mol. The second kappa shape index (κ2) is 8.73. The van der Waals surface area contributed by atoms with Gasteiger partial charge in [0.05, 0.1) is 5.56 Å². The molecule has 0 saturated carbocycles. The van der Waals surface area contributed by atoms with Gasteiger partial charge in [-0.25, -0.2) is 4.79 Å². The maximum absolute atomic E-state index is 10.9. The molecule has 0 aliphatic rings. The molecule has 0 aromatic heterocycles. The van der Waals surface area contributed by atoms with E-state index >= 15 is 0 Å². The molecule has 0 aliphatic heterocycles. The standard InChI is InChI=1S/C22H20BrNO3/c1-15-2-4-16(5-3-15)14-27-21-11-8-19(23)12-18(21)13-24-20-9-6-17(7-10-20)22(25)26/h2-12,24H,13-14H2,1H3,(H,25,26). The molecule has 0 radical (unpaired) electrons. The van der Waals surface area contributed by atoms with Crippen molar-refractivity contribution >= 4 is 27.6 Å². The minimum atomic E-state index is -0.930. The van der Waals surface area contributed by atoms with Crippen LogP contribution >= 0.6 is 15.9 Å². The molecule has 0 atom stereocenters. The Morgan fingerprint density at radius 3 is 2.41 bits per heavy atom. The summed E-state index contributed by atoms with van der Waals surface area (Å²) in [6.07, 6.45) is 0. The highest BCUT2D eigenvalue weighted by Gasteiger charge is 2.07. The van der Waals surface area contributed by atoms with Crippen LogP contribution in [0.15, 0.2) is 71.2 Å². The Morgan fingerprint density at radius 2 is 1.74 bits per heavy atom. The third-order valence-corrected chi connectivity index (χ3v) is 4.65. The zero-order valence-corrected chi connectivity index (χ0v) is 16.5. The Labute approximate surface area is 166 Å². The van der Waals surface area contributed by atoms with Crippen LogP contribution in [-0.4, -0.2) is 11.1 Å². The maximum atomic E-state index is 10.9. The molecule has 3 aromatic carbocycles. The van der Waals surface area contributed by atoms with Crippen LogP contribution in [0.3, 0.4) is 0 Å². The first-order valence-electron chi connectivity index (χ1n) is 8.55. The second-order valence-electron chi connectivity index (χ2n) is 6.26. The smallest absolute Gasteiger partial charge is 0.335 e. The number of benzene rings is 3. The number of hydrogen-bond donors (Lipinski definition) is 2. The SMILES string of the molecule is Cc1ccc(COc2ccc(Br)cc2CNc2ccc(C(=O)O)cc2)cc1. The molecular weight excluding hydrogens is 406 g/mol. The third-order valence-electron chi connectivity index (χ3n) is 4.15. The van der Waals surface area contributed by atoms with Gasteiger partial charge in [0.2, 0.25) is 0 Å². The van der Waals surface area contributed by atoms with Crippen molar-refractivity contribution in [3.63, 3.8) is 0 Å². The lowest BCUT2D eigenvalue weighted by molar-refractivity contribution is 0.0697. The summed E-state index contributed by atoms with van der Waals surface area (Å²) in [6, 6.07) is 20.9. The first kappa shape index (κ1) is 19.0. The van der Waals surface area contributed by atoms with Crippen molar-refractivity contribution in [2.45, 2.75) is 20.1 Å². The van der Waals surface area contributed by atoms with E-state index in [1.165, 1.54) is 5.56 Å². The highest BCUT2D eigenvalue weighted by molar-refractivity contribution is 9.10. The largest absolute Gasteiger partial charge is 0.489 e. The van der Waals surface area contributed by atoms with E-state index in [-0.39, 0.29) is 5.56 Å². The average Bonchev–Trinajstić information content (AvgIpc) is 2.67. The van der Waals surface area contributed by atoms with Gasteiger partial charge in [0.15, 0.2) is 0 Å². The van der Waals surface area contributed by atoms with Crippen molar-refractivity contribution in [2.24, 2.45) is 0 Å². The summed E-state index contributed by atoms with van der Waals surface area (Å²) in [5, 5.41) is 12.3. The number of rotatable bonds is 7. The monoisotopic (exact) mass is 425 g/mol. The number of aryl methyl sites for hydroxylation is 1. The number of aromatic carboxylic acids is 1. The van der Waals surface area contributed by atoms with E-state index in [0.717, 1.165) is 27.0 Å². The molecule has 0 heterocycles. The first-order valence-corrected chi connectivity index (χ1v) is 9.34. The number of nitrogens with one attached hydrogen (secondary N) is 1. The van der Waals surface area contributed by atoms with Crippen LogP contribution in [0.5, 0.6) is 5.75 Å². The minimum absolute atomic E-state index is 0.269. The molecule has 2 N–H and O–H groups in total. The Bertz CT molecular complexity index is 921. The Hall–Kier alpha value is -2.79. The molecule has 4 nitrogen and oxygen atoms in total. The lowest BCUT2D eigenvalue weighted by atomic mass is 10.1. The quantitative estimate of drug-likeness (QED) is 0.513. The summed E-state index contributed by atoms with van der Waals surface area (Å²) < 4.78 is 6.99. The van der Waals surface area contributed by atoms with Crippen LogP contribution in [0.2, 0.25) is 0 Å². The summed E-state index contributed by atoms with van der Waals surface area (Å²) in [5.74, 6) is -0.117. The van der Waals surface area contributed by atoms with E-state index in [1.54, 1.807) is 24.3 Å². The van der Waals surface area contributed by atoms with Crippen molar-refractivity contribution in [2.75, 3.05) is 5.32 Å². The molecule has 0 aliphatic carbocycles. The predicted octanol–water partition coefficient (Wildman–Crippen LogP) is 5.65. The summed E-state index contributed by atoms with van der Waals surface area (Å²) in [4.78, 5) is 10.9. The number of ether oxygens (including phenoxy) is 1. The van der Waals surface area contributed by atoms with Crippen molar-refractivity contribution in [3.8, 4) is 5.75 Å². The van der Waals surface area contributed by atoms with Gasteiger partial charge in [-0.05, 0) is 55.0 Å². The number of carboxylic acid groups (broad SMARTS) is 1. The van der Waals surface area contributed by atoms with Crippen molar-refractivity contribution in [1.82, 2.24) is 0 Å². The normalized spacial score (nSPS) is 10.4. The summed E-state index contributed by atoms with van der Waals surface area (Å²) >= 11 is 3.50. The van der Waals surface area contributed by atoms with Crippen molar-refractivity contribution in [3.05, 3.63) is 93.5 Å². The van der Waals surface area contributed by atoms with Crippen LogP contribution < -0.4 is 10.1 Å². The molecule has 3 rings (SSSR count). The second-order valence-corrected chi connectivity index (χ2v) is 7.18. The van der Waals surface area contributed by atoms with E-state index in [4.69, 9.17) is 9.84 Å². The molecule has 138 valence electrons. The fraction of sp³-hybridized carbons (Fsp3) is 0.136. The molecule has 0 unspecified atom stereocenters. The molecule has 0 spiro atoms. The molecule has 5 heteroatoms. The van der Waals surface area contributed by atoms with E-state index in [9.17, 15) is 4.79 Å². The fourth-order valence-electron chi connectivity index (χ4n) is 2.60. The molecule has 0 saturated heterocycles. The maximum Gasteiger partial charge on any atom is 0.335 e. The van der Waals surface area contributed by atoms with E-state index in [0.29, 0.717) is 13.2 Å². The molecular formula is C22H20BrNO3. The molecule has 0 fully saturated rings. The number of anilines is 1. The van der Waals surface area contributed by atoms with Crippen LogP contribution in [0.25, 0.3) is 0 Å². The van der Waals surface area contributed by atoms with Crippen LogP contribution in [-0.2, 0) is 13.2 Å². The van der Waals surface area contributed by atoms with Gasteiger partial charge in [-0.3, -0.25) is 0 Å². The van der Waals surface area contributed by atoms with Crippen LogP contribution in [0.1, 0.15) is 27.0 Å². The van der Waals surface area contributed by atoms with Gasteiger partial charge >= 0.3 is 5.97 Å². The van der Waals surface area contributed by atoms with Gasteiger partial charge in [0, 0.05) is 22.3 Å². The first-order chi connectivity index (χ1) is 13.0. The number of hydrogen-bond acceptors (Lipinski definition) is 3. The Balaban J connectivity index is 1.68. The molecule has 27 heavy (non-hydrogen) atoms. The van der Waals surface area contributed by atoms with Gasteiger partial charge in [0.1, 0.15) is 12.4 Å². The van der Waals surface area contributed by atoms with E-state index in [2.05, 4.69) is 52.4 Å². The molecule has 0 amide bonds. The third kappa shape index (κ3) is 5.34. The van der Waals surface area contributed by atoms with Crippen molar-refractivity contribution in [1.29, 1.82) is 0 Å². The Kier molecular flexibility index (Phi) is 6.14. The average molecular weight is 426 g/mol. The zero-order valence-electron chi connectivity index (χ0n) is 14.9. The minimum Gasteiger partial charge on any atom is -0.489 e. The van der Waals surface area contributed by atoms with E-state index in [1.807, 2.05) is 18.2 Å². The lowest BCUT2D eigenvalue weighted by Gasteiger charge is -2.14. The Morgan fingerprint density at radius 1 is 1.04 bits per heavy atom. The summed E-state index contributed by atoms with van der Waals surface area (Å²) in [6.45, 7) is 3.13. The van der Waals surface area contributed by atoms with E-state index < -0.39 is 5.97 Å². The summed E-state index contributed by atoms with van der Waals surface area (Å²) in [5.41, 5.74) is 4.47. The zero-order chi connectivity index (χ0) is 19.2. The highest BCUT2D eigenvalue weighted by atomic mass is 79.9. The van der Waals surface area contributed by atoms with Crippen LogP contribution in [0, 0.1) is 6.92 Å². The lowest BCUT2D eigenvalue weighted by Crippen LogP contribution is -2.04. The molecule has 0 bridgehead atoms. The van der Waals surface area contributed by atoms with Gasteiger partial charge in [-0.2, -0.15) is 0 Å². The van der Waals surface area contributed by atoms with Gasteiger partial charge in [0.25, 0.3) is 0 Å². The van der Waals surface area contributed by atoms with Gasteiger partial charge in [-0.15, -0.1) is 0 Å². The fourth-order valence-corrected chi connectivity index (χ4v) is 3.01. The molecule has 3 aromatic rings.